The molecule has 1 aromatic carbocycles. The van der Waals surface area contributed by atoms with E-state index in [1.165, 1.54) is 6.42 Å². The summed E-state index contributed by atoms with van der Waals surface area (Å²) in [6, 6.07) is 4.25. The first kappa shape index (κ1) is 17.9. The van der Waals surface area contributed by atoms with E-state index < -0.39 is 0 Å². The number of carbonyl (C=O) groups is 1. The number of hydrogen-bond acceptors (Lipinski definition) is 4. The van der Waals surface area contributed by atoms with Crippen molar-refractivity contribution in [2.75, 3.05) is 24.6 Å². The molecule has 2 aliphatic rings. The van der Waals surface area contributed by atoms with Gasteiger partial charge in [0, 0.05) is 19.1 Å². The van der Waals surface area contributed by atoms with Gasteiger partial charge in [-0.15, -0.1) is 0 Å². The van der Waals surface area contributed by atoms with Crippen molar-refractivity contribution in [1.82, 2.24) is 9.55 Å². The third-order valence-electron chi connectivity index (χ3n) is 5.55. The predicted octanol–water partition coefficient (Wildman–Crippen LogP) is 4.85. The quantitative estimate of drug-likeness (QED) is 0.694. The third kappa shape index (κ3) is 3.16. The maximum Gasteiger partial charge on any atom is 0.309 e. The van der Waals surface area contributed by atoms with Gasteiger partial charge in [0.25, 0.3) is 0 Å². The van der Waals surface area contributed by atoms with Crippen LogP contribution in [-0.4, -0.2) is 35.2 Å². The molecule has 2 aromatic rings. The van der Waals surface area contributed by atoms with E-state index in [1.807, 2.05) is 19.1 Å². The zero-order valence-electron chi connectivity index (χ0n) is 14.9. The molecule has 0 atom stereocenters. The molecule has 4 rings (SSSR count). The van der Waals surface area contributed by atoms with Crippen LogP contribution in [0.5, 0.6) is 0 Å². The summed E-state index contributed by atoms with van der Waals surface area (Å²) in [5, 5.41) is 1.09. The van der Waals surface area contributed by atoms with Gasteiger partial charge in [-0.3, -0.25) is 4.79 Å². The Labute approximate surface area is 163 Å². The van der Waals surface area contributed by atoms with Crippen LogP contribution in [0.4, 0.5) is 5.95 Å². The normalized spacial score (nSPS) is 19.0. The molecule has 0 unspecified atom stereocenters. The van der Waals surface area contributed by atoms with Gasteiger partial charge in [-0.1, -0.05) is 23.2 Å². The zero-order valence-corrected chi connectivity index (χ0v) is 16.4. The SMILES string of the molecule is CCOC(=O)C1CCN(c2nc3cc(Cl)c(Cl)cc3n2C2CCC2)CC1. The molecule has 0 radical (unpaired) electrons. The Morgan fingerprint density at radius 3 is 2.50 bits per heavy atom. The molecule has 26 heavy (non-hydrogen) atoms. The molecule has 5 nitrogen and oxygen atoms in total. The van der Waals surface area contributed by atoms with Gasteiger partial charge in [0.05, 0.1) is 33.6 Å². The van der Waals surface area contributed by atoms with Gasteiger partial charge in [-0.25, -0.2) is 4.98 Å². The van der Waals surface area contributed by atoms with E-state index in [0.717, 1.165) is 55.8 Å². The molecule has 0 spiro atoms. The van der Waals surface area contributed by atoms with Crippen molar-refractivity contribution >= 4 is 46.2 Å². The average molecular weight is 396 g/mol. The van der Waals surface area contributed by atoms with E-state index >= 15 is 0 Å². The van der Waals surface area contributed by atoms with E-state index in [0.29, 0.717) is 22.7 Å². The molecule has 0 amide bonds. The highest BCUT2D eigenvalue weighted by Crippen LogP contribution is 2.40. The second-order valence-electron chi connectivity index (χ2n) is 7.13. The number of nitrogens with zero attached hydrogens (tertiary/aromatic N) is 3. The summed E-state index contributed by atoms with van der Waals surface area (Å²) in [5.41, 5.74) is 1.93. The molecular formula is C19H23Cl2N3O2. The second-order valence-corrected chi connectivity index (χ2v) is 7.95. The van der Waals surface area contributed by atoms with Crippen LogP contribution < -0.4 is 4.90 Å². The minimum atomic E-state index is -0.0711. The standard InChI is InChI=1S/C19H23Cl2N3O2/c1-2-26-18(25)12-6-8-23(9-7-12)19-22-16-10-14(20)15(21)11-17(16)24(19)13-4-3-5-13/h10-13H,2-9H2,1H3. The number of hydrogen-bond donors (Lipinski definition) is 0. The largest absolute Gasteiger partial charge is 0.466 e. The summed E-state index contributed by atoms with van der Waals surface area (Å²) in [6.07, 6.45) is 5.18. The van der Waals surface area contributed by atoms with Gasteiger partial charge < -0.3 is 14.2 Å². The molecule has 0 bridgehead atoms. The highest BCUT2D eigenvalue weighted by Gasteiger charge is 2.31. The Morgan fingerprint density at radius 1 is 1.19 bits per heavy atom. The average Bonchev–Trinajstić information content (AvgIpc) is 2.92. The number of rotatable bonds is 4. The molecule has 1 saturated heterocycles. The smallest absolute Gasteiger partial charge is 0.309 e. The van der Waals surface area contributed by atoms with E-state index in [1.54, 1.807) is 0 Å². The molecule has 140 valence electrons. The minimum absolute atomic E-state index is 0.00313. The Balaban J connectivity index is 1.63. The number of esters is 1. The van der Waals surface area contributed by atoms with Gasteiger partial charge in [-0.2, -0.15) is 0 Å². The maximum absolute atomic E-state index is 12.0. The van der Waals surface area contributed by atoms with Crippen LogP contribution in [0.25, 0.3) is 11.0 Å². The Bertz CT molecular complexity index is 824. The van der Waals surface area contributed by atoms with Crippen LogP contribution in [0.1, 0.15) is 45.1 Å². The van der Waals surface area contributed by atoms with Gasteiger partial charge >= 0.3 is 5.97 Å². The summed E-state index contributed by atoms with van der Waals surface area (Å²) < 4.78 is 7.50. The molecule has 1 saturated carbocycles. The summed E-state index contributed by atoms with van der Waals surface area (Å²) in [7, 11) is 0. The lowest BCUT2D eigenvalue weighted by molar-refractivity contribution is -0.148. The van der Waals surface area contributed by atoms with Crippen LogP contribution >= 0.6 is 23.2 Å². The molecule has 2 heterocycles. The van der Waals surface area contributed by atoms with Crippen LogP contribution in [0.3, 0.4) is 0 Å². The molecule has 0 N–H and O–H groups in total. The molecule has 2 fully saturated rings. The first-order valence-corrected chi connectivity index (χ1v) is 10.1. The van der Waals surface area contributed by atoms with Crippen LogP contribution in [0, 0.1) is 5.92 Å². The predicted molar refractivity (Wildman–Crippen MR) is 104 cm³/mol. The first-order chi connectivity index (χ1) is 12.6. The Hall–Kier alpha value is -1.46. The van der Waals surface area contributed by atoms with Crippen molar-refractivity contribution in [1.29, 1.82) is 0 Å². The zero-order chi connectivity index (χ0) is 18.3. The monoisotopic (exact) mass is 395 g/mol. The number of aromatic nitrogens is 2. The lowest BCUT2D eigenvalue weighted by atomic mass is 9.92. The van der Waals surface area contributed by atoms with Gasteiger partial charge in [0.15, 0.2) is 0 Å². The number of anilines is 1. The fraction of sp³-hybridized carbons (Fsp3) is 0.579. The Morgan fingerprint density at radius 2 is 1.88 bits per heavy atom. The summed E-state index contributed by atoms with van der Waals surface area (Å²) >= 11 is 12.5. The minimum Gasteiger partial charge on any atom is -0.466 e. The molecule has 1 aromatic heterocycles. The summed E-state index contributed by atoms with van der Waals surface area (Å²) in [5.74, 6) is 0.903. The number of carbonyl (C=O) groups excluding carboxylic acids is 1. The van der Waals surface area contributed by atoms with Crippen molar-refractivity contribution in [2.24, 2.45) is 5.92 Å². The number of imidazole rings is 1. The third-order valence-corrected chi connectivity index (χ3v) is 6.27. The van der Waals surface area contributed by atoms with E-state index in [9.17, 15) is 4.79 Å². The van der Waals surface area contributed by atoms with Crippen molar-refractivity contribution in [2.45, 2.75) is 45.1 Å². The van der Waals surface area contributed by atoms with Crippen LogP contribution in [-0.2, 0) is 9.53 Å². The van der Waals surface area contributed by atoms with E-state index in [2.05, 4.69) is 9.47 Å². The maximum atomic E-state index is 12.0. The molecule has 1 aliphatic carbocycles. The summed E-state index contributed by atoms with van der Waals surface area (Å²) in [4.78, 5) is 19.2. The fourth-order valence-electron chi connectivity index (χ4n) is 3.88. The molecule has 1 aliphatic heterocycles. The highest BCUT2D eigenvalue weighted by molar-refractivity contribution is 6.42. The van der Waals surface area contributed by atoms with Crippen molar-refractivity contribution in [3.63, 3.8) is 0 Å². The van der Waals surface area contributed by atoms with Gasteiger partial charge in [-0.05, 0) is 51.2 Å². The van der Waals surface area contributed by atoms with Crippen molar-refractivity contribution in [3.8, 4) is 0 Å². The number of benzene rings is 1. The number of halogens is 2. The first-order valence-electron chi connectivity index (χ1n) is 9.37. The van der Waals surface area contributed by atoms with Crippen molar-refractivity contribution in [3.05, 3.63) is 22.2 Å². The van der Waals surface area contributed by atoms with Gasteiger partial charge in [0.1, 0.15) is 0 Å². The highest BCUT2D eigenvalue weighted by atomic mass is 35.5. The topological polar surface area (TPSA) is 47.4 Å². The van der Waals surface area contributed by atoms with E-state index in [4.69, 9.17) is 32.9 Å². The number of ether oxygens (including phenoxy) is 1. The molecular weight excluding hydrogens is 373 g/mol. The van der Waals surface area contributed by atoms with Crippen molar-refractivity contribution < 1.29 is 9.53 Å². The fourth-order valence-corrected chi connectivity index (χ4v) is 4.20. The lowest BCUT2D eigenvalue weighted by Gasteiger charge is -2.35. The number of piperidine rings is 1. The van der Waals surface area contributed by atoms with E-state index in [-0.39, 0.29) is 11.9 Å². The lowest BCUT2D eigenvalue weighted by Crippen LogP contribution is -2.39. The second kappa shape index (κ2) is 7.28. The Kier molecular flexibility index (Phi) is 5.02. The number of fused-ring (bicyclic) bond motifs is 1. The van der Waals surface area contributed by atoms with Crippen LogP contribution in [0.15, 0.2) is 12.1 Å². The summed E-state index contributed by atoms with van der Waals surface area (Å²) in [6.45, 7) is 3.91. The molecule has 7 heteroatoms. The van der Waals surface area contributed by atoms with Crippen LogP contribution in [0.2, 0.25) is 10.0 Å². The van der Waals surface area contributed by atoms with Gasteiger partial charge in [0.2, 0.25) is 5.95 Å².